The molecule has 0 aliphatic carbocycles. The number of nitrogens with zero attached hydrogens (tertiary/aromatic N) is 1. The van der Waals surface area contributed by atoms with Crippen molar-refractivity contribution in [3.63, 3.8) is 0 Å². The van der Waals surface area contributed by atoms with Crippen LogP contribution in [0.5, 0.6) is 11.5 Å². The number of carbonyl (C=O) groups excluding carboxylic acids is 1. The lowest BCUT2D eigenvalue weighted by Crippen LogP contribution is -2.13. The van der Waals surface area contributed by atoms with Crippen LogP contribution in [0.15, 0.2) is 66.2 Å². The largest absolute Gasteiger partial charge is 0.490 e. The van der Waals surface area contributed by atoms with Crippen LogP contribution in [0.3, 0.4) is 0 Å². The van der Waals surface area contributed by atoms with Gasteiger partial charge in [0, 0.05) is 10.7 Å². The van der Waals surface area contributed by atoms with Crippen molar-refractivity contribution in [1.29, 1.82) is 5.26 Å². The zero-order chi connectivity index (χ0) is 25.4. The summed E-state index contributed by atoms with van der Waals surface area (Å²) >= 11 is 6.11. The molecule has 0 bridgehead atoms. The standard InChI is InChI=1S/C27H23ClN2O5/c1-3-34-25-13-19(7-11-24(25)35-16-18-5-8-20(9-6-18)27(32)33)12-21(15-29)26(31)30-22-10-4-17(2)23(28)14-22/h4-14H,3,16H2,1-2H3,(H,30,31)(H,32,33)/b21-12-. The third kappa shape index (κ3) is 6.85. The van der Waals surface area contributed by atoms with Crippen LogP contribution >= 0.6 is 11.6 Å². The van der Waals surface area contributed by atoms with Crippen molar-refractivity contribution in [3.8, 4) is 17.6 Å². The Morgan fingerprint density at radius 1 is 1.06 bits per heavy atom. The monoisotopic (exact) mass is 490 g/mol. The number of aromatic carboxylic acids is 1. The van der Waals surface area contributed by atoms with E-state index in [0.29, 0.717) is 34.4 Å². The van der Waals surface area contributed by atoms with Crippen molar-refractivity contribution in [1.82, 2.24) is 0 Å². The lowest BCUT2D eigenvalue weighted by molar-refractivity contribution is -0.112. The molecule has 35 heavy (non-hydrogen) atoms. The summed E-state index contributed by atoms with van der Waals surface area (Å²) in [5.74, 6) is -0.627. The lowest BCUT2D eigenvalue weighted by Gasteiger charge is -2.13. The molecule has 0 aliphatic rings. The van der Waals surface area contributed by atoms with Gasteiger partial charge in [-0.3, -0.25) is 4.79 Å². The zero-order valence-corrected chi connectivity index (χ0v) is 19.9. The first-order valence-electron chi connectivity index (χ1n) is 10.7. The average molecular weight is 491 g/mol. The molecule has 8 heteroatoms. The number of rotatable bonds is 9. The molecule has 0 saturated heterocycles. The van der Waals surface area contributed by atoms with Crippen LogP contribution in [0.4, 0.5) is 5.69 Å². The molecule has 3 aromatic rings. The molecule has 3 aromatic carbocycles. The Hall–Kier alpha value is -4.28. The lowest BCUT2D eigenvalue weighted by atomic mass is 10.1. The molecule has 3 rings (SSSR count). The summed E-state index contributed by atoms with van der Waals surface area (Å²) in [5, 5.41) is 21.7. The summed E-state index contributed by atoms with van der Waals surface area (Å²) in [6, 6.07) is 18.5. The number of aryl methyl sites for hydroxylation is 1. The summed E-state index contributed by atoms with van der Waals surface area (Å²) in [5.41, 5.74) is 2.85. The minimum atomic E-state index is -0.993. The maximum atomic E-state index is 12.6. The normalized spacial score (nSPS) is 10.9. The van der Waals surface area contributed by atoms with E-state index < -0.39 is 11.9 Å². The fraction of sp³-hybridized carbons (Fsp3) is 0.148. The van der Waals surface area contributed by atoms with Crippen LogP contribution in [0.2, 0.25) is 5.02 Å². The van der Waals surface area contributed by atoms with Crippen molar-refractivity contribution in [2.75, 3.05) is 11.9 Å². The van der Waals surface area contributed by atoms with Crippen molar-refractivity contribution < 1.29 is 24.2 Å². The van der Waals surface area contributed by atoms with Crippen molar-refractivity contribution in [2.24, 2.45) is 0 Å². The Balaban J connectivity index is 1.76. The summed E-state index contributed by atoms with van der Waals surface area (Å²) in [7, 11) is 0. The Morgan fingerprint density at radius 3 is 2.43 bits per heavy atom. The molecule has 0 aliphatic heterocycles. The van der Waals surface area contributed by atoms with Gasteiger partial charge in [-0.1, -0.05) is 35.9 Å². The molecule has 0 aromatic heterocycles. The van der Waals surface area contributed by atoms with Gasteiger partial charge in [-0.15, -0.1) is 0 Å². The topological polar surface area (TPSA) is 109 Å². The van der Waals surface area contributed by atoms with Gasteiger partial charge in [0.25, 0.3) is 5.91 Å². The Labute approximate surface area is 208 Å². The smallest absolute Gasteiger partial charge is 0.335 e. The van der Waals surface area contributed by atoms with E-state index >= 15 is 0 Å². The molecule has 1 amide bonds. The summed E-state index contributed by atoms with van der Waals surface area (Å²) in [6.45, 7) is 4.28. The van der Waals surface area contributed by atoms with Crippen molar-refractivity contribution in [3.05, 3.63) is 93.5 Å². The number of hydrogen-bond donors (Lipinski definition) is 2. The zero-order valence-electron chi connectivity index (χ0n) is 19.2. The number of carboxylic acids is 1. The van der Waals surface area contributed by atoms with E-state index in [-0.39, 0.29) is 17.7 Å². The van der Waals surface area contributed by atoms with E-state index in [1.807, 2.05) is 19.9 Å². The second kappa shape index (κ2) is 11.7. The predicted octanol–water partition coefficient (Wildman–Crippen LogP) is 5.87. The first kappa shape index (κ1) is 25.3. The van der Waals surface area contributed by atoms with Gasteiger partial charge in [0.05, 0.1) is 12.2 Å². The SMILES string of the molecule is CCOc1cc(/C=C(/C#N)C(=O)Nc2ccc(C)c(Cl)c2)ccc1OCc1ccc(C(=O)O)cc1. The molecule has 0 unspecified atom stereocenters. The maximum absolute atomic E-state index is 12.6. The molecule has 0 fully saturated rings. The number of nitrogens with one attached hydrogen (secondary N) is 1. The number of amides is 1. The van der Waals surface area contributed by atoms with Gasteiger partial charge in [0.2, 0.25) is 0 Å². The van der Waals surface area contributed by atoms with E-state index in [2.05, 4.69) is 5.32 Å². The predicted molar refractivity (Wildman–Crippen MR) is 134 cm³/mol. The molecular formula is C27H23ClN2O5. The number of carboxylic acid groups (broad SMARTS) is 1. The number of benzene rings is 3. The average Bonchev–Trinajstić information content (AvgIpc) is 2.84. The molecule has 0 atom stereocenters. The highest BCUT2D eigenvalue weighted by Crippen LogP contribution is 2.30. The van der Waals surface area contributed by atoms with E-state index in [1.54, 1.807) is 48.5 Å². The highest BCUT2D eigenvalue weighted by Gasteiger charge is 2.12. The van der Waals surface area contributed by atoms with Gasteiger partial charge in [-0.2, -0.15) is 5.26 Å². The minimum Gasteiger partial charge on any atom is -0.490 e. The second-order valence-corrected chi connectivity index (χ2v) is 7.93. The van der Waals surface area contributed by atoms with Crippen molar-refractivity contribution in [2.45, 2.75) is 20.5 Å². The number of nitriles is 1. The number of anilines is 1. The third-order valence-corrected chi connectivity index (χ3v) is 5.38. The Morgan fingerprint density at radius 2 is 1.80 bits per heavy atom. The molecule has 178 valence electrons. The molecule has 0 radical (unpaired) electrons. The van der Waals surface area contributed by atoms with Crippen LogP contribution in [0.25, 0.3) is 6.08 Å². The van der Waals surface area contributed by atoms with Gasteiger partial charge < -0.3 is 19.9 Å². The van der Waals surface area contributed by atoms with Gasteiger partial charge >= 0.3 is 5.97 Å². The van der Waals surface area contributed by atoms with Crippen LogP contribution in [-0.4, -0.2) is 23.6 Å². The van der Waals surface area contributed by atoms with Crippen LogP contribution in [0.1, 0.15) is 34.0 Å². The first-order chi connectivity index (χ1) is 16.8. The van der Waals surface area contributed by atoms with E-state index in [9.17, 15) is 14.9 Å². The van der Waals surface area contributed by atoms with Gasteiger partial charge in [0.1, 0.15) is 18.2 Å². The van der Waals surface area contributed by atoms with Crippen LogP contribution in [0, 0.1) is 18.3 Å². The molecule has 0 saturated carbocycles. The van der Waals surface area contributed by atoms with Crippen molar-refractivity contribution >= 4 is 35.2 Å². The third-order valence-electron chi connectivity index (χ3n) is 4.97. The summed E-state index contributed by atoms with van der Waals surface area (Å²) < 4.78 is 11.5. The van der Waals surface area contributed by atoms with E-state index in [0.717, 1.165) is 11.1 Å². The highest BCUT2D eigenvalue weighted by atomic mass is 35.5. The first-order valence-corrected chi connectivity index (χ1v) is 11.1. The van der Waals surface area contributed by atoms with Gasteiger partial charge in [-0.05, 0) is 73.0 Å². The van der Waals surface area contributed by atoms with E-state index in [4.69, 9.17) is 26.2 Å². The quantitative estimate of drug-likeness (QED) is 0.287. The summed E-state index contributed by atoms with van der Waals surface area (Å²) in [4.78, 5) is 23.6. The molecule has 0 heterocycles. The summed E-state index contributed by atoms with van der Waals surface area (Å²) in [6.07, 6.45) is 1.46. The van der Waals surface area contributed by atoms with E-state index in [1.165, 1.54) is 18.2 Å². The van der Waals surface area contributed by atoms with Gasteiger partial charge in [0.15, 0.2) is 11.5 Å². The number of halogens is 1. The molecule has 7 nitrogen and oxygen atoms in total. The Bertz CT molecular complexity index is 1310. The molecule has 2 N–H and O–H groups in total. The number of hydrogen-bond acceptors (Lipinski definition) is 5. The molecular weight excluding hydrogens is 468 g/mol. The van der Waals surface area contributed by atoms with Crippen LogP contribution < -0.4 is 14.8 Å². The molecule has 0 spiro atoms. The minimum absolute atomic E-state index is 0.0867. The number of carbonyl (C=O) groups is 2. The second-order valence-electron chi connectivity index (χ2n) is 7.52. The maximum Gasteiger partial charge on any atom is 0.335 e. The fourth-order valence-electron chi connectivity index (χ4n) is 3.09. The van der Waals surface area contributed by atoms with Gasteiger partial charge in [-0.25, -0.2) is 4.79 Å². The highest BCUT2D eigenvalue weighted by molar-refractivity contribution is 6.31. The fourth-order valence-corrected chi connectivity index (χ4v) is 3.27. The number of ether oxygens (including phenoxy) is 2. The van der Waals surface area contributed by atoms with Crippen LogP contribution in [-0.2, 0) is 11.4 Å². The Kier molecular flexibility index (Phi) is 8.49.